The molecule has 1 heterocycles. The van der Waals surface area contributed by atoms with Gasteiger partial charge in [-0.05, 0) is 25.0 Å². The molecule has 1 fully saturated rings. The number of carbonyl (C=O) groups excluding carboxylic acids is 1. The van der Waals surface area contributed by atoms with E-state index >= 15 is 0 Å². The molecule has 0 saturated heterocycles. The van der Waals surface area contributed by atoms with Crippen LogP contribution in [0.3, 0.4) is 0 Å². The first kappa shape index (κ1) is 11.9. The Balaban J connectivity index is 1.98. The van der Waals surface area contributed by atoms with E-state index in [1.807, 2.05) is 0 Å². The number of aliphatic hydroxyl groups excluding tert-OH is 1. The van der Waals surface area contributed by atoms with E-state index in [1.54, 1.807) is 12.1 Å². The molecule has 1 aromatic rings. The van der Waals surface area contributed by atoms with Crippen LogP contribution in [0, 0.1) is 0 Å². The van der Waals surface area contributed by atoms with E-state index in [0.29, 0.717) is 11.4 Å². The number of carbonyl (C=O) groups is 1. The van der Waals surface area contributed by atoms with E-state index in [0.717, 1.165) is 25.7 Å². The van der Waals surface area contributed by atoms with Gasteiger partial charge < -0.3 is 16.2 Å². The molecule has 0 aliphatic heterocycles. The summed E-state index contributed by atoms with van der Waals surface area (Å²) in [4.78, 5) is 15.8. The number of amides is 1. The van der Waals surface area contributed by atoms with Gasteiger partial charge in [0.25, 0.3) is 5.91 Å². The maximum absolute atomic E-state index is 11.8. The number of hydrogen-bond donors (Lipinski definition) is 3. The van der Waals surface area contributed by atoms with Crippen molar-refractivity contribution in [2.45, 2.75) is 37.8 Å². The van der Waals surface area contributed by atoms with Crippen LogP contribution >= 0.6 is 0 Å². The summed E-state index contributed by atoms with van der Waals surface area (Å²) < 4.78 is 0. The third kappa shape index (κ3) is 2.94. The van der Waals surface area contributed by atoms with Crippen LogP contribution in [0.5, 0.6) is 0 Å². The van der Waals surface area contributed by atoms with Crippen LogP contribution in [-0.4, -0.2) is 28.1 Å². The molecule has 5 heteroatoms. The molecule has 0 bridgehead atoms. The van der Waals surface area contributed by atoms with Gasteiger partial charge in [0.2, 0.25) is 0 Å². The molecule has 2 atom stereocenters. The standard InChI is InChI=1S/C12H17N3O2/c13-8-5-6-10(14-7-8)12(17)15-9-3-1-2-4-11(9)16/h5-7,9,11,16H,1-4,13H2,(H,15,17)/t9-,11-/m1/s1. The Hall–Kier alpha value is -1.62. The number of rotatable bonds is 2. The van der Waals surface area contributed by atoms with Crippen molar-refractivity contribution in [3.8, 4) is 0 Å². The highest BCUT2D eigenvalue weighted by Gasteiger charge is 2.25. The highest BCUT2D eigenvalue weighted by Crippen LogP contribution is 2.18. The van der Waals surface area contributed by atoms with Crippen LogP contribution in [0.4, 0.5) is 5.69 Å². The molecule has 92 valence electrons. The van der Waals surface area contributed by atoms with Crippen molar-refractivity contribution >= 4 is 11.6 Å². The first-order valence-electron chi connectivity index (χ1n) is 5.87. The summed E-state index contributed by atoms with van der Waals surface area (Å²) in [6.45, 7) is 0. The van der Waals surface area contributed by atoms with Gasteiger partial charge in [0, 0.05) is 0 Å². The van der Waals surface area contributed by atoms with Crippen molar-refractivity contribution < 1.29 is 9.90 Å². The number of nitrogens with one attached hydrogen (secondary N) is 1. The number of nitrogens with zero attached hydrogens (tertiary/aromatic N) is 1. The van der Waals surface area contributed by atoms with Crippen molar-refractivity contribution in [2.75, 3.05) is 5.73 Å². The summed E-state index contributed by atoms with van der Waals surface area (Å²) in [5, 5.41) is 12.6. The van der Waals surface area contributed by atoms with Gasteiger partial charge in [-0.1, -0.05) is 12.8 Å². The summed E-state index contributed by atoms with van der Waals surface area (Å²) in [5.74, 6) is -0.254. The lowest BCUT2D eigenvalue weighted by Gasteiger charge is -2.28. The lowest BCUT2D eigenvalue weighted by atomic mass is 9.92. The minimum atomic E-state index is -0.443. The van der Waals surface area contributed by atoms with Crippen molar-refractivity contribution in [1.82, 2.24) is 10.3 Å². The van der Waals surface area contributed by atoms with Gasteiger partial charge in [-0.3, -0.25) is 4.79 Å². The molecule has 1 aromatic heterocycles. The van der Waals surface area contributed by atoms with Gasteiger partial charge in [0.15, 0.2) is 0 Å². The van der Waals surface area contributed by atoms with Gasteiger partial charge >= 0.3 is 0 Å². The summed E-state index contributed by atoms with van der Waals surface area (Å²) in [7, 11) is 0. The average Bonchev–Trinajstić information content (AvgIpc) is 2.33. The number of nitrogens with two attached hydrogens (primary N) is 1. The summed E-state index contributed by atoms with van der Waals surface area (Å²) in [6.07, 6.45) is 4.64. The molecule has 0 unspecified atom stereocenters. The Morgan fingerprint density at radius 3 is 2.82 bits per heavy atom. The topological polar surface area (TPSA) is 88.2 Å². The van der Waals surface area contributed by atoms with Crippen molar-refractivity contribution in [1.29, 1.82) is 0 Å². The maximum Gasteiger partial charge on any atom is 0.270 e. The van der Waals surface area contributed by atoms with Gasteiger partial charge in [-0.2, -0.15) is 0 Å². The van der Waals surface area contributed by atoms with E-state index in [4.69, 9.17) is 5.73 Å². The molecule has 0 aromatic carbocycles. The van der Waals surface area contributed by atoms with Crippen LogP contribution in [0.2, 0.25) is 0 Å². The monoisotopic (exact) mass is 235 g/mol. The number of anilines is 1. The Morgan fingerprint density at radius 1 is 1.41 bits per heavy atom. The molecule has 0 radical (unpaired) electrons. The number of aromatic nitrogens is 1. The highest BCUT2D eigenvalue weighted by molar-refractivity contribution is 5.92. The molecule has 1 aliphatic carbocycles. The molecule has 0 spiro atoms. The van der Waals surface area contributed by atoms with Gasteiger partial charge in [0.1, 0.15) is 5.69 Å². The van der Waals surface area contributed by atoms with Crippen LogP contribution in [0.25, 0.3) is 0 Å². The second-order valence-corrected chi connectivity index (χ2v) is 4.41. The van der Waals surface area contributed by atoms with Crippen molar-refractivity contribution in [3.05, 3.63) is 24.0 Å². The van der Waals surface area contributed by atoms with Crippen molar-refractivity contribution in [2.24, 2.45) is 0 Å². The quantitative estimate of drug-likeness (QED) is 0.704. The maximum atomic E-state index is 11.8. The minimum absolute atomic E-state index is 0.157. The third-order valence-corrected chi connectivity index (χ3v) is 3.06. The van der Waals surface area contributed by atoms with E-state index < -0.39 is 6.10 Å². The van der Waals surface area contributed by atoms with Crippen LogP contribution < -0.4 is 11.1 Å². The largest absolute Gasteiger partial charge is 0.397 e. The van der Waals surface area contributed by atoms with E-state index in [-0.39, 0.29) is 11.9 Å². The zero-order valence-electron chi connectivity index (χ0n) is 9.60. The SMILES string of the molecule is Nc1ccc(C(=O)N[C@@H]2CCCC[C@H]2O)nc1. The minimum Gasteiger partial charge on any atom is -0.397 e. The highest BCUT2D eigenvalue weighted by atomic mass is 16.3. The fourth-order valence-corrected chi connectivity index (χ4v) is 2.06. The first-order chi connectivity index (χ1) is 8.16. The number of aliphatic hydroxyl groups is 1. The van der Waals surface area contributed by atoms with Crippen LogP contribution in [-0.2, 0) is 0 Å². The molecule has 5 nitrogen and oxygen atoms in total. The normalized spacial score (nSPS) is 24.3. The van der Waals surface area contributed by atoms with Crippen molar-refractivity contribution in [3.63, 3.8) is 0 Å². The lowest BCUT2D eigenvalue weighted by molar-refractivity contribution is 0.0714. The van der Waals surface area contributed by atoms with Gasteiger partial charge in [-0.25, -0.2) is 4.98 Å². The Bertz CT molecular complexity index is 391. The Labute approximate surface area is 100 Å². The Kier molecular flexibility index (Phi) is 3.58. The smallest absolute Gasteiger partial charge is 0.270 e. The zero-order valence-corrected chi connectivity index (χ0v) is 9.60. The predicted molar refractivity (Wildman–Crippen MR) is 64.4 cm³/mol. The number of pyridine rings is 1. The summed E-state index contributed by atoms with van der Waals surface area (Å²) in [5.41, 5.74) is 6.36. The fraction of sp³-hybridized carbons (Fsp3) is 0.500. The summed E-state index contributed by atoms with van der Waals surface area (Å²) in [6, 6.07) is 3.06. The van der Waals surface area contributed by atoms with E-state index in [1.165, 1.54) is 6.20 Å². The second-order valence-electron chi connectivity index (χ2n) is 4.41. The average molecular weight is 235 g/mol. The van der Waals surface area contributed by atoms with Crippen LogP contribution in [0.1, 0.15) is 36.2 Å². The molecule has 2 rings (SSSR count). The molecule has 1 amide bonds. The van der Waals surface area contributed by atoms with Gasteiger partial charge in [-0.15, -0.1) is 0 Å². The fourth-order valence-electron chi connectivity index (χ4n) is 2.06. The van der Waals surface area contributed by atoms with Crippen LogP contribution in [0.15, 0.2) is 18.3 Å². The zero-order chi connectivity index (χ0) is 12.3. The number of hydrogen-bond acceptors (Lipinski definition) is 4. The molecule has 17 heavy (non-hydrogen) atoms. The first-order valence-corrected chi connectivity index (χ1v) is 5.87. The molecule has 1 saturated carbocycles. The molecular weight excluding hydrogens is 218 g/mol. The number of nitrogen functional groups attached to an aromatic ring is 1. The molecular formula is C12H17N3O2. The third-order valence-electron chi connectivity index (χ3n) is 3.06. The predicted octanol–water partition coefficient (Wildman–Crippen LogP) is 0.697. The van der Waals surface area contributed by atoms with E-state index in [9.17, 15) is 9.90 Å². The lowest BCUT2D eigenvalue weighted by Crippen LogP contribution is -2.45. The van der Waals surface area contributed by atoms with E-state index in [2.05, 4.69) is 10.3 Å². The second kappa shape index (κ2) is 5.14. The van der Waals surface area contributed by atoms with Gasteiger partial charge in [0.05, 0.1) is 24.0 Å². The summed E-state index contributed by atoms with van der Waals surface area (Å²) >= 11 is 0. The molecule has 1 aliphatic rings. The molecule has 4 N–H and O–H groups in total. The Morgan fingerprint density at radius 2 is 2.18 bits per heavy atom.